The summed E-state index contributed by atoms with van der Waals surface area (Å²) >= 11 is 0. The molecule has 0 saturated heterocycles. The van der Waals surface area contributed by atoms with Crippen LogP contribution in [0, 0.1) is 10.1 Å². The van der Waals surface area contributed by atoms with Gasteiger partial charge in [0.05, 0.1) is 29.0 Å². The van der Waals surface area contributed by atoms with Crippen molar-refractivity contribution in [1.29, 1.82) is 0 Å². The van der Waals surface area contributed by atoms with E-state index in [1.165, 1.54) is 30.3 Å². The minimum Gasteiger partial charge on any atom is -0.322 e. The number of nitro groups is 1. The van der Waals surface area contributed by atoms with Crippen LogP contribution in [0.2, 0.25) is 0 Å². The van der Waals surface area contributed by atoms with Gasteiger partial charge in [-0.25, -0.2) is 8.42 Å². The molecule has 0 saturated carbocycles. The number of anilines is 2. The van der Waals surface area contributed by atoms with Gasteiger partial charge in [-0.3, -0.25) is 19.2 Å². The van der Waals surface area contributed by atoms with Crippen LogP contribution in [0.5, 0.6) is 0 Å². The van der Waals surface area contributed by atoms with E-state index in [0.29, 0.717) is 0 Å². The number of para-hydroxylation sites is 1. The molecule has 0 radical (unpaired) electrons. The second kappa shape index (κ2) is 8.75. The van der Waals surface area contributed by atoms with Gasteiger partial charge in [-0.15, -0.1) is 0 Å². The quantitative estimate of drug-likeness (QED) is 0.457. The average molecular weight is 425 g/mol. The van der Waals surface area contributed by atoms with E-state index >= 15 is 0 Å². The number of rotatable bonds is 7. The molecule has 0 aliphatic heterocycles. The summed E-state index contributed by atoms with van der Waals surface area (Å²) in [6.07, 6.45) is 1.07. The Bertz CT molecular complexity index is 1180. The van der Waals surface area contributed by atoms with Crippen molar-refractivity contribution in [2.75, 3.05) is 15.9 Å². The van der Waals surface area contributed by atoms with Crippen LogP contribution in [0.4, 0.5) is 17.1 Å². The summed E-state index contributed by atoms with van der Waals surface area (Å²) in [4.78, 5) is 23.3. The fourth-order valence-corrected chi connectivity index (χ4v) is 3.81. The van der Waals surface area contributed by atoms with Gasteiger partial charge in [-0.05, 0) is 23.8 Å². The SMILES string of the molecule is CS(=O)(=O)N(Cc1ccccc1)c1ccccc1C(=O)Nc1cccc([N+](=O)[O-])c1. The van der Waals surface area contributed by atoms with Crippen LogP contribution in [0.3, 0.4) is 0 Å². The van der Waals surface area contributed by atoms with Crippen molar-refractivity contribution >= 4 is 33.0 Å². The second-order valence-corrected chi connectivity index (χ2v) is 8.44. The Morgan fingerprint density at radius 2 is 1.67 bits per heavy atom. The van der Waals surface area contributed by atoms with Gasteiger partial charge in [0.25, 0.3) is 11.6 Å². The van der Waals surface area contributed by atoms with Crippen LogP contribution in [0.25, 0.3) is 0 Å². The number of nitro benzene ring substituents is 1. The maximum Gasteiger partial charge on any atom is 0.271 e. The van der Waals surface area contributed by atoms with Crippen LogP contribution < -0.4 is 9.62 Å². The summed E-state index contributed by atoms with van der Waals surface area (Å²) in [5, 5.41) is 13.6. The Hall–Kier alpha value is -3.72. The summed E-state index contributed by atoms with van der Waals surface area (Å²) in [6.45, 7) is 0.0563. The standard InChI is InChI=1S/C21H19N3O5S/c1-30(28,29)23(15-16-8-3-2-4-9-16)20-13-6-5-12-19(20)21(25)22-17-10-7-11-18(14-17)24(26)27/h2-14H,15H2,1H3,(H,22,25). The van der Waals surface area contributed by atoms with E-state index in [1.807, 2.05) is 6.07 Å². The molecule has 0 heterocycles. The minimum absolute atomic E-state index is 0.0563. The summed E-state index contributed by atoms with van der Waals surface area (Å²) in [5.74, 6) is -0.576. The van der Waals surface area contributed by atoms with E-state index in [4.69, 9.17) is 0 Å². The summed E-state index contributed by atoms with van der Waals surface area (Å²) in [5.41, 5.74) is 1.18. The first kappa shape index (κ1) is 21.0. The molecule has 1 amide bonds. The van der Waals surface area contributed by atoms with Gasteiger partial charge in [0.15, 0.2) is 0 Å². The molecule has 154 valence electrons. The lowest BCUT2D eigenvalue weighted by Crippen LogP contribution is -2.31. The van der Waals surface area contributed by atoms with Gasteiger partial charge in [-0.2, -0.15) is 0 Å². The zero-order valence-corrected chi connectivity index (χ0v) is 16.9. The smallest absolute Gasteiger partial charge is 0.271 e. The topological polar surface area (TPSA) is 110 Å². The zero-order valence-electron chi connectivity index (χ0n) is 16.1. The highest BCUT2D eigenvalue weighted by Crippen LogP contribution is 2.26. The van der Waals surface area contributed by atoms with Crippen LogP contribution in [-0.2, 0) is 16.6 Å². The number of nitrogens with zero attached hydrogens (tertiary/aromatic N) is 2. The van der Waals surface area contributed by atoms with Crippen LogP contribution >= 0.6 is 0 Å². The normalized spacial score (nSPS) is 11.0. The number of hydrogen-bond donors (Lipinski definition) is 1. The maximum absolute atomic E-state index is 12.9. The van der Waals surface area contributed by atoms with E-state index in [-0.39, 0.29) is 29.2 Å². The van der Waals surface area contributed by atoms with Crippen molar-refractivity contribution in [2.45, 2.75) is 6.54 Å². The Kier molecular flexibility index (Phi) is 6.12. The van der Waals surface area contributed by atoms with Gasteiger partial charge < -0.3 is 5.32 Å². The Labute approximate surface area is 174 Å². The largest absolute Gasteiger partial charge is 0.322 e. The molecule has 0 aliphatic carbocycles. The second-order valence-electron chi connectivity index (χ2n) is 6.53. The molecule has 0 bridgehead atoms. The third-order valence-electron chi connectivity index (χ3n) is 4.30. The third-order valence-corrected chi connectivity index (χ3v) is 5.43. The predicted molar refractivity (Wildman–Crippen MR) is 115 cm³/mol. The number of hydrogen-bond acceptors (Lipinski definition) is 5. The number of carbonyl (C=O) groups is 1. The molecule has 9 heteroatoms. The van der Waals surface area contributed by atoms with Crippen LogP contribution in [0.1, 0.15) is 15.9 Å². The van der Waals surface area contributed by atoms with E-state index in [1.54, 1.807) is 42.5 Å². The Balaban J connectivity index is 1.96. The molecule has 8 nitrogen and oxygen atoms in total. The van der Waals surface area contributed by atoms with Crippen molar-refractivity contribution in [3.8, 4) is 0 Å². The van der Waals surface area contributed by atoms with Crippen molar-refractivity contribution in [3.63, 3.8) is 0 Å². The van der Waals surface area contributed by atoms with E-state index < -0.39 is 20.9 Å². The Morgan fingerprint density at radius 3 is 2.33 bits per heavy atom. The molecule has 3 rings (SSSR count). The first-order valence-electron chi connectivity index (χ1n) is 8.92. The van der Waals surface area contributed by atoms with Gasteiger partial charge >= 0.3 is 0 Å². The molecule has 1 N–H and O–H groups in total. The highest BCUT2D eigenvalue weighted by Gasteiger charge is 2.23. The lowest BCUT2D eigenvalue weighted by molar-refractivity contribution is -0.384. The van der Waals surface area contributed by atoms with Crippen LogP contribution in [-0.4, -0.2) is 25.5 Å². The highest BCUT2D eigenvalue weighted by molar-refractivity contribution is 7.92. The molecule has 0 unspecified atom stereocenters. The van der Waals surface area contributed by atoms with Crippen LogP contribution in [0.15, 0.2) is 78.9 Å². The molecule has 3 aromatic rings. The molecule has 0 aliphatic rings. The van der Waals surface area contributed by atoms with Crippen molar-refractivity contribution in [3.05, 3.63) is 100 Å². The average Bonchev–Trinajstić information content (AvgIpc) is 2.72. The summed E-state index contributed by atoms with van der Waals surface area (Å²) in [6, 6.07) is 20.9. The molecule has 0 fully saturated rings. The number of amides is 1. The molecule has 30 heavy (non-hydrogen) atoms. The fraction of sp³-hybridized carbons (Fsp3) is 0.0952. The number of carbonyl (C=O) groups excluding carboxylic acids is 1. The molecule has 0 aromatic heterocycles. The molecular weight excluding hydrogens is 406 g/mol. The first-order valence-corrected chi connectivity index (χ1v) is 10.8. The van der Waals surface area contributed by atoms with Gasteiger partial charge in [-0.1, -0.05) is 48.5 Å². The minimum atomic E-state index is -3.70. The molecule has 3 aromatic carbocycles. The van der Waals surface area contributed by atoms with Gasteiger partial charge in [0, 0.05) is 17.8 Å². The third kappa shape index (κ3) is 5.00. The predicted octanol–water partition coefficient (Wildman–Crippen LogP) is 3.81. The van der Waals surface area contributed by atoms with Crippen molar-refractivity contribution < 1.29 is 18.1 Å². The first-order chi connectivity index (χ1) is 14.3. The fourth-order valence-electron chi connectivity index (χ4n) is 2.91. The zero-order chi connectivity index (χ0) is 21.7. The van der Waals surface area contributed by atoms with Gasteiger partial charge in [0.2, 0.25) is 10.0 Å². The monoisotopic (exact) mass is 425 g/mol. The lowest BCUT2D eigenvalue weighted by Gasteiger charge is -2.24. The molecular formula is C21H19N3O5S. The van der Waals surface area contributed by atoms with E-state index in [2.05, 4.69) is 5.32 Å². The number of sulfonamides is 1. The maximum atomic E-state index is 12.9. The van der Waals surface area contributed by atoms with Gasteiger partial charge in [0.1, 0.15) is 0 Å². The lowest BCUT2D eigenvalue weighted by atomic mass is 10.1. The summed E-state index contributed by atoms with van der Waals surface area (Å²) in [7, 11) is -3.70. The van der Waals surface area contributed by atoms with E-state index in [9.17, 15) is 23.3 Å². The van der Waals surface area contributed by atoms with E-state index in [0.717, 1.165) is 16.1 Å². The molecule has 0 atom stereocenters. The Morgan fingerprint density at radius 1 is 1.00 bits per heavy atom. The number of nitrogens with one attached hydrogen (secondary N) is 1. The molecule has 0 spiro atoms. The van der Waals surface area contributed by atoms with Crippen molar-refractivity contribution in [1.82, 2.24) is 0 Å². The highest BCUT2D eigenvalue weighted by atomic mass is 32.2. The van der Waals surface area contributed by atoms with Crippen molar-refractivity contribution in [2.24, 2.45) is 0 Å². The number of non-ortho nitro benzene ring substituents is 1. The number of benzene rings is 3. The summed E-state index contributed by atoms with van der Waals surface area (Å²) < 4.78 is 26.2.